The van der Waals surface area contributed by atoms with E-state index in [0.29, 0.717) is 25.8 Å². The van der Waals surface area contributed by atoms with Gasteiger partial charge in [-0.2, -0.15) is 0 Å². The largest absolute Gasteiger partial charge is 0.325 e. The van der Waals surface area contributed by atoms with Gasteiger partial charge in [-0.05, 0) is 35.1 Å². The quantitative estimate of drug-likeness (QED) is 0.587. The van der Waals surface area contributed by atoms with Crippen LogP contribution in [-0.4, -0.2) is 29.2 Å². The first-order valence-corrected chi connectivity index (χ1v) is 9.94. The SMILES string of the molecule is CCC(=O)CCCCCN1C(=O)NC2(C1=O)c1ccccc1-c1ccccc12. The van der Waals surface area contributed by atoms with E-state index in [9.17, 15) is 14.4 Å². The molecular formula is C23H24N2O3. The number of hydrogen-bond acceptors (Lipinski definition) is 3. The second-order valence-corrected chi connectivity index (χ2v) is 7.43. The zero-order valence-corrected chi connectivity index (χ0v) is 16.0. The summed E-state index contributed by atoms with van der Waals surface area (Å²) in [6, 6.07) is 15.2. The minimum absolute atomic E-state index is 0.209. The Morgan fingerprint density at radius 3 is 2.14 bits per heavy atom. The second-order valence-electron chi connectivity index (χ2n) is 7.43. The van der Waals surface area contributed by atoms with Crippen molar-refractivity contribution in [3.05, 3.63) is 59.7 Å². The summed E-state index contributed by atoms with van der Waals surface area (Å²) in [5, 5.41) is 2.99. The standard InChI is InChI=1S/C23H24N2O3/c1-2-16(26)10-4-3-9-15-25-21(27)23(24-22(25)28)19-13-7-5-11-17(19)18-12-6-8-14-20(18)23/h5-8,11-14H,2-4,9-10,15H2,1H3,(H,24,28). The molecule has 2 aromatic rings. The van der Waals surface area contributed by atoms with Crippen molar-refractivity contribution in [2.45, 2.75) is 44.6 Å². The molecule has 0 bridgehead atoms. The Hall–Kier alpha value is -2.95. The Bertz CT molecular complexity index is 905. The highest BCUT2D eigenvalue weighted by Gasteiger charge is 2.57. The Balaban J connectivity index is 1.56. The molecule has 0 atom stereocenters. The third-order valence-corrected chi connectivity index (χ3v) is 5.79. The Morgan fingerprint density at radius 1 is 0.929 bits per heavy atom. The molecule has 1 aliphatic heterocycles. The van der Waals surface area contributed by atoms with Crippen molar-refractivity contribution in [3.63, 3.8) is 0 Å². The maximum atomic E-state index is 13.5. The van der Waals surface area contributed by atoms with Crippen LogP contribution in [0.5, 0.6) is 0 Å². The van der Waals surface area contributed by atoms with Crippen LogP contribution in [0.4, 0.5) is 4.79 Å². The maximum absolute atomic E-state index is 13.5. The fourth-order valence-corrected chi connectivity index (χ4v) is 4.32. The number of rotatable bonds is 7. The molecule has 1 fully saturated rings. The number of benzene rings is 2. The van der Waals surface area contributed by atoms with E-state index in [1.165, 1.54) is 4.90 Å². The summed E-state index contributed by atoms with van der Waals surface area (Å²) in [5.41, 5.74) is 2.54. The van der Waals surface area contributed by atoms with Gasteiger partial charge >= 0.3 is 6.03 Å². The summed E-state index contributed by atoms with van der Waals surface area (Å²) < 4.78 is 0. The molecule has 1 aliphatic carbocycles. The van der Waals surface area contributed by atoms with Crippen molar-refractivity contribution in [2.75, 3.05) is 6.54 Å². The summed E-state index contributed by atoms with van der Waals surface area (Å²) in [4.78, 5) is 38.9. The molecule has 0 unspecified atom stereocenters. The van der Waals surface area contributed by atoms with E-state index in [0.717, 1.165) is 35.1 Å². The van der Waals surface area contributed by atoms with Crippen LogP contribution in [0.15, 0.2) is 48.5 Å². The van der Waals surface area contributed by atoms with Crippen molar-refractivity contribution in [1.29, 1.82) is 0 Å². The molecule has 5 heteroatoms. The average Bonchev–Trinajstić information content (AvgIpc) is 3.15. The molecule has 0 radical (unpaired) electrons. The predicted octanol–water partition coefficient (Wildman–Crippen LogP) is 4.00. The number of amides is 3. The third kappa shape index (κ3) is 2.73. The number of nitrogens with one attached hydrogen (secondary N) is 1. The van der Waals surface area contributed by atoms with Crippen LogP contribution in [0.2, 0.25) is 0 Å². The predicted molar refractivity (Wildman–Crippen MR) is 107 cm³/mol. The number of Topliss-reactive ketones (excluding diaryl/α,β-unsaturated/α-hetero) is 1. The first-order valence-electron chi connectivity index (χ1n) is 9.94. The van der Waals surface area contributed by atoms with Crippen LogP contribution in [0, 0.1) is 0 Å². The highest BCUT2D eigenvalue weighted by atomic mass is 16.2. The van der Waals surface area contributed by atoms with Crippen molar-refractivity contribution >= 4 is 17.7 Å². The average molecular weight is 376 g/mol. The Kier molecular flexibility index (Phi) is 4.75. The molecule has 5 nitrogen and oxygen atoms in total. The molecule has 1 N–H and O–H groups in total. The fourth-order valence-electron chi connectivity index (χ4n) is 4.32. The van der Waals surface area contributed by atoms with Crippen LogP contribution >= 0.6 is 0 Å². The van der Waals surface area contributed by atoms with E-state index in [-0.39, 0.29) is 17.7 Å². The highest BCUT2D eigenvalue weighted by Crippen LogP contribution is 2.49. The molecule has 4 rings (SSSR count). The molecule has 1 spiro atoms. The van der Waals surface area contributed by atoms with E-state index in [4.69, 9.17) is 0 Å². The topological polar surface area (TPSA) is 66.5 Å². The number of imide groups is 1. The fraction of sp³-hybridized carbons (Fsp3) is 0.348. The van der Waals surface area contributed by atoms with Gasteiger partial charge < -0.3 is 5.32 Å². The molecule has 1 saturated heterocycles. The van der Waals surface area contributed by atoms with Gasteiger partial charge in [-0.1, -0.05) is 61.9 Å². The van der Waals surface area contributed by atoms with Crippen molar-refractivity contribution in [2.24, 2.45) is 0 Å². The third-order valence-electron chi connectivity index (χ3n) is 5.79. The molecule has 144 valence electrons. The van der Waals surface area contributed by atoms with Crippen molar-refractivity contribution < 1.29 is 14.4 Å². The van der Waals surface area contributed by atoms with Gasteiger partial charge in [0.05, 0.1) is 0 Å². The molecule has 0 aromatic heterocycles. The van der Waals surface area contributed by atoms with Crippen molar-refractivity contribution in [3.8, 4) is 11.1 Å². The number of nitrogens with zero attached hydrogens (tertiary/aromatic N) is 1. The molecule has 3 amide bonds. The van der Waals surface area contributed by atoms with E-state index < -0.39 is 5.54 Å². The first kappa shape index (κ1) is 18.4. The Morgan fingerprint density at radius 2 is 1.54 bits per heavy atom. The monoisotopic (exact) mass is 376 g/mol. The van der Waals surface area contributed by atoms with E-state index >= 15 is 0 Å². The minimum Gasteiger partial charge on any atom is -0.315 e. The number of ketones is 1. The summed E-state index contributed by atoms with van der Waals surface area (Å²) in [5.74, 6) is 0.0487. The van der Waals surface area contributed by atoms with E-state index in [2.05, 4.69) is 5.32 Å². The van der Waals surface area contributed by atoms with Crippen LogP contribution < -0.4 is 5.32 Å². The van der Waals surface area contributed by atoms with Gasteiger partial charge in [-0.25, -0.2) is 4.79 Å². The van der Waals surface area contributed by atoms with E-state index in [1.807, 2.05) is 55.5 Å². The molecule has 28 heavy (non-hydrogen) atoms. The molecule has 0 saturated carbocycles. The number of urea groups is 1. The lowest BCUT2D eigenvalue weighted by Crippen LogP contribution is -2.43. The summed E-state index contributed by atoms with van der Waals surface area (Å²) >= 11 is 0. The molecule has 1 heterocycles. The zero-order valence-electron chi connectivity index (χ0n) is 16.0. The number of carbonyl (C=O) groups is 3. The van der Waals surface area contributed by atoms with Crippen LogP contribution in [0.25, 0.3) is 11.1 Å². The van der Waals surface area contributed by atoms with Gasteiger partial charge in [0.1, 0.15) is 5.78 Å². The number of carbonyl (C=O) groups excluding carboxylic acids is 3. The highest BCUT2D eigenvalue weighted by molar-refractivity contribution is 6.13. The normalized spacial score (nSPS) is 16.2. The van der Waals surface area contributed by atoms with Gasteiger partial charge in [0.15, 0.2) is 5.54 Å². The maximum Gasteiger partial charge on any atom is 0.325 e. The lowest BCUT2D eigenvalue weighted by Gasteiger charge is -2.24. The summed E-state index contributed by atoms with van der Waals surface area (Å²) in [7, 11) is 0. The van der Waals surface area contributed by atoms with Crippen molar-refractivity contribution in [1.82, 2.24) is 10.2 Å². The first-order chi connectivity index (χ1) is 13.6. The molecular weight excluding hydrogens is 352 g/mol. The molecule has 2 aliphatic rings. The van der Waals surface area contributed by atoms with Gasteiger partial charge in [-0.15, -0.1) is 0 Å². The lowest BCUT2D eigenvalue weighted by atomic mass is 9.87. The van der Waals surface area contributed by atoms with Gasteiger partial charge in [0, 0.05) is 19.4 Å². The van der Waals surface area contributed by atoms with Crippen LogP contribution in [0.1, 0.15) is 50.2 Å². The smallest absolute Gasteiger partial charge is 0.315 e. The Labute approximate surface area is 164 Å². The van der Waals surface area contributed by atoms with Gasteiger partial charge in [0.25, 0.3) is 5.91 Å². The van der Waals surface area contributed by atoms with Crippen LogP contribution in [0.3, 0.4) is 0 Å². The number of unbranched alkanes of at least 4 members (excludes halogenated alkanes) is 2. The molecule has 2 aromatic carbocycles. The van der Waals surface area contributed by atoms with Gasteiger partial charge in [-0.3, -0.25) is 14.5 Å². The summed E-state index contributed by atoms with van der Waals surface area (Å²) in [6.07, 6.45) is 3.46. The second kappa shape index (κ2) is 7.23. The number of fused-ring (bicyclic) bond motifs is 5. The zero-order chi connectivity index (χ0) is 19.7. The lowest BCUT2D eigenvalue weighted by molar-refractivity contribution is -0.130. The van der Waals surface area contributed by atoms with Gasteiger partial charge in [0.2, 0.25) is 0 Å². The summed E-state index contributed by atoms with van der Waals surface area (Å²) in [6.45, 7) is 2.24. The minimum atomic E-state index is -1.12. The van der Waals surface area contributed by atoms with E-state index in [1.54, 1.807) is 0 Å². The van der Waals surface area contributed by atoms with Crippen LogP contribution in [-0.2, 0) is 15.1 Å². The number of hydrogen-bond donors (Lipinski definition) is 1.